The van der Waals surface area contributed by atoms with Gasteiger partial charge in [-0.05, 0) is 31.0 Å². The lowest BCUT2D eigenvalue weighted by molar-refractivity contribution is -0.127. The first-order chi connectivity index (χ1) is 13.2. The van der Waals surface area contributed by atoms with Crippen molar-refractivity contribution in [2.75, 3.05) is 46.9 Å². The zero-order chi connectivity index (χ0) is 21.2. The molecule has 1 amide bonds. The maximum Gasteiger partial charge on any atom is 0.243 e. The fraction of sp³-hybridized carbons (Fsp3) is 0.600. The molecule has 0 fully saturated rings. The summed E-state index contributed by atoms with van der Waals surface area (Å²) in [6, 6.07) is 4.41. The number of benzene rings is 1. The van der Waals surface area contributed by atoms with E-state index >= 15 is 0 Å². The normalized spacial score (nSPS) is 11.6. The molecule has 1 aromatic carbocycles. The summed E-state index contributed by atoms with van der Waals surface area (Å²) < 4.78 is 18.7. The number of carbonyl (C=O) groups excluding carboxylic acids is 1. The second kappa shape index (κ2) is 14.0. The first kappa shape index (κ1) is 27.9. The Kier molecular flexibility index (Phi) is 13.4. The lowest BCUT2D eigenvalue weighted by Gasteiger charge is -2.28. The van der Waals surface area contributed by atoms with E-state index < -0.39 is 0 Å². The maximum absolute atomic E-state index is 13.3. The molecule has 0 saturated carbocycles. The maximum atomic E-state index is 13.3. The van der Waals surface area contributed by atoms with E-state index in [0.29, 0.717) is 37.3 Å². The molecule has 166 valence electrons. The minimum Gasteiger partial charge on any atom is -0.382 e. The molecule has 0 bridgehead atoms. The number of ether oxygens (including phenoxy) is 1. The molecule has 0 aliphatic carbocycles. The van der Waals surface area contributed by atoms with Crippen LogP contribution in [0.1, 0.15) is 32.8 Å². The molecule has 6 nitrogen and oxygen atoms in total. The molecule has 0 heterocycles. The number of halogens is 3. The van der Waals surface area contributed by atoms with Gasteiger partial charge in [0, 0.05) is 50.8 Å². The van der Waals surface area contributed by atoms with Crippen LogP contribution in [0, 0.1) is 5.82 Å². The number of likely N-dealkylation sites (N-methyl/N-ethyl adjacent to an activating group) is 1. The van der Waals surface area contributed by atoms with Crippen molar-refractivity contribution in [1.82, 2.24) is 15.5 Å². The highest BCUT2D eigenvalue weighted by Gasteiger charge is 2.24. The minimum absolute atomic E-state index is 0. The molecule has 9 heteroatoms. The minimum atomic E-state index is -0.371. The first-order valence-corrected chi connectivity index (χ1v) is 9.80. The first-order valence-electron chi connectivity index (χ1n) is 9.43. The van der Waals surface area contributed by atoms with Gasteiger partial charge in [-0.1, -0.05) is 31.5 Å². The third-order valence-corrected chi connectivity index (χ3v) is 4.50. The van der Waals surface area contributed by atoms with Crippen LogP contribution in [-0.2, 0) is 14.9 Å². The van der Waals surface area contributed by atoms with Gasteiger partial charge in [-0.3, -0.25) is 4.79 Å². The molecule has 0 aliphatic heterocycles. The van der Waals surface area contributed by atoms with Gasteiger partial charge in [-0.15, -0.1) is 24.0 Å². The number of guanidine groups is 1. The number of hydrogen-bond acceptors (Lipinski definition) is 3. The van der Waals surface area contributed by atoms with Crippen LogP contribution < -0.4 is 10.6 Å². The molecular formula is C20H33ClFIN4O2. The predicted molar refractivity (Wildman–Crippen MR) is 128 cm³/mol. The van der Waals surface area contributed by atoms with Gasteiger partial charge in [-0.25, -0.2) is 9.38 Å². The Labute approximate surface area is 195 Å². The van der Waals surface area contributed by atoms with Crippen molar-refractivity contribution in [2.45, 2.75) is 32.6 Å². The number of nitrogens with zero attached hydrogens (tertiary/aromatic N) is 2. The highest BCUT2D eigenvalue weighted by molar-refractivity contribution is 14.0. The van der Waals surface area contributed by atoms with E-state index in [-0.39, 0.29) is 47.7 Å². The second-order valence-corrected chi connectivity index (χ2v) is 7.70. The van der Waals surface area contributed by atoms with Crippen LogP contribution >= 0.6 is 35.6 Å². The fourth-order valence-electron chi connectivity index (χ4n) is 2.43. The Morgan fingerprint density at radius 2 is 2.00 bits per heavy atom. The van der Waals surface area contributed by atoms with E-state index in [1.807, 2.05) is 20.8 Å². The fourth-order valence-corrected chi connectivity index (χ4v) is 2.85. The molecule has 0 radical (unpaired) electrons. The van der Waals surface area contributed by atoms with Gasteiger partial charge in [-0.2, -0.15) is 0 Å². The van der Waals surface area contributed by atoms with Gasteiger partial charge >= 0.3 is 0 Å². The number of carbonyl (C=O) groups is 1. The Balaban J connectivity index is 0.00000784. The van der Waals surface area contributed by atoms with Gasteiger partial charge in [0.2, 0.25) is 5.91 Å². The summed E-state index contributed by atoms with van der Waals surface area (Å²) in [5, 5.41) is 6.86. The quantitative estimate of drug-likeness (QED) is 0.206. The molecule has 0 spiro atoms. The van der Waals surface area contributed by atoms with Gasteiger partial charge in [0.25, 0.3) is 0 Å². The molecule has 0 aromatic heterocycles. The second-order valence-electron chi connectivity index (χ2n) is 7.29. The number of hydrogen-bond donors (Lipinski definition) is 2. The molecule has 1 rings (SSSR count). The van der Waals surface area contributed by atoms with E-state index in [2.05, 4.69) is 15.6 Å². The van der Waals surface area contributed by atoms with E-state index in [0.717, 1.165) is 12.0 Å². The van der Waals surface area contributed by atoms with Gasteiger partial charge in [0.15, 0.2) is 5.96 Å². The summed E-state index contributed by atoms with van der Waals surface area (Å²) >= 11 is 6.22. The molecule has 1 aromatic rings. The van der Waals surface area contributed by atoms with Crippen molar-refractivity contribution in [1.29, 1.82) is 0 Å². The Morgan fingerprint density at radius 1 is 1.31 bits per heavy atom. The van der Waals surface area contributed by atoms with E-state index in [1.165, 1.54) is 17.0 Å². The summed E-state index contributed by atoms with van der Waals surface area (Å²) in [6.45, 7) is 8.54. The Hall–Kier alpha value is -1.13. The highest BCUT2D eigenvalue weighted by atomic mass is 127. The van der Waals surface area contributed by atoms with E-state index in [9.17, 15) is 9.18 Å². The third-order valence-electron chi connectivity index (χ3n) is 4.19. The zero-order valence-corrected chi connectivity index (χ0v) is 20.9. The molecule has 29 heavy (non-hydrogen) atoms. The Bertz CT molecular complexity index is 672. The third kappa shape index (κ3) is 10.5. The molecule has 0 aliphatic rings. The van der Waals surface area contributed by atoms with Crippen LogP contribution in [0.2, 0.25) is 5.02 Å². The molecule has 0 saturated heterocycles. The van der Waals surface area contributed by atoms with Crippen molar-refractivity contribution in [2.24, 2.45) is 4.99 Å². The summed E-state index contributed by atoms with van der Waals surface area (Å²) in [5.41, 5.74) is 0.465. The summed E-state index contributed by atoms with van der Waals surface area (Å²) in [5.74, 6) is 0.0900. The highest BCUT2D eigenvalue weighted by Crippen LogP contribution is 2.29. The standard InChI is InChI=1S/C20H32ClFN4O2.HI/c1-6-28-11-7-10-23-19(24-13-18(27)26(4)5)25-14-20(2,3)16-9-8-15(22)12-17(16)21;/h8-9,12H,6-7,10-11,13-14H2,1-5H3,(H2,23,24,25);1H. The number of aliphatic imine (C=N–C) groups is 1. The van der Waals surface area contributed by atoms with Crippen LogP contribution in [0.5, 0.6) is 0 Å². The molecular weight excluding hydrogens is 510 g/mol. The monoisotopic (exact) mass is 542 g/mol. The molecule has 2 N–H and O–H groups in total. The van der Waals surface area contributed by atoms with Crippen LogP contribution in [0.25, 0.3) is 0 Å². The largest absolute Gasteiger partial charge is 0.382 e. The number of nitrogens with one attached hydrogen (secondary N) is 2. The molecule has 0 atom stereocenters. The average Bonchev–Trinajstić information content (AvgIpc) is 2.62. The SMILES string of the molecule is CCOCCCNC(=NCC(=O)N(C)C)NCC(C)(C)c1ccc(F)cc1Cl.I. The van der Waals surface area contributed by atoms with Gasteiger partial charge in [0.05, 0.1) is 0 Å². The summed E-state index contributed by atoms with van der Waals surface area (Å²) in [7, 11) is 3.39. The summed E-state index contributed by atoms with van der Waals surface area (Å²) in [6.07, 6.45) is 0.823. The number of rotatable bonds is 10. The van der Waals surface area contributed by atoms with E-state index in [1.54, 1.807) is 20.2 Å². The molecule has 0 unspecified atom stereocenters. The topological polar surface area (TPSA) is 66.0 Å². The smallest absolute Gasteiger partial charge is 0.243 e. The lowest BCUT2D eigenvalue weighted by atomic mass is 9.84. The lowest BCUT2D eigenvalue weighted by Crippen LogP contribution is -2.44. The van der Waals surface area contributed by atoms with Gasteiger partial charge < -0.3 is 20.3 Å². The van der Waals surface area contributed by atoms with Crippen LogP contribution in [0.15, 0.2) is 23.2 Å². The van der Waals surface area contributed by atoms with Crippen molar-refractivity contribution >= 4 is 47.4 Å². The van der Waals surface area contributed by atoms with Crippen molar-refractivity contribution < 1.29 is 13.9 Å². The number of amides is 1. The predicted octanol–water partition coefficient (Wildman–Crippen LogP) is 3.42. The van der Waals surface area contributed by atoms with Crippen LogP contribution in [0.4, 0.5) is 4.39 Å². The van der Waals surface area contributed by atoms with Crippen molar-refractivity contribution in [3.05, 3.63) is 34.6 Å². The Morgan fingerprint density at radius 3 is 2.59 bits per heavy atom. The van der Waals surface area contributed by atoms with Crippen molar-refractivity contribution in [3.8, 4) is 0 Å². The van der Waals surface area contributed by atoms with Gasteiger partial charge in [0.1, 0.15) is 12.4 Å². The zero-order valence-electron chi connectivity index (χ0n) is 17.8. The average molecular weight is 543 g/mol. The van der Waals surface area contributed by atoms with Crippen molar-refractivity contribution in [3.63, 3.8) is 0 Å². The van der Waals surface area contributed by atoms with E-state index in [4.69, 9.17) is 16.3 Å². The van der Waals surface area contributed by atoms with Crippen LogP contribution in [0.3, 0.4) is 0 Å². The summed E-state index contributed by atoms with van der Waals surface area (Å²) in [4.78, 5) is 17.7. The van der Waals surface area contributed by atoms with Crippen LogP contribution in [-0.4, -0.2) is 63.7 Å².